The molecule has 0 radical (unpaired) electrons. The van der Waals surface area contributed by atoms with Crippen LogP contribution in [0.25, 0.3) is 0 Å². The number of fused-ring (bicyclic) bond motifs is 2. The topological polar surface area (TPSA) is 12.0 Å². The van der Waals surface area contributed by atoms with E-state index in [-0.39, 0.29) is 0 Å². The third-order valence-electron chi connectivity index (χ3n) is 3.44. The Balaban J connectivity index is 2.48. The molecular formula is C8H7Cl2F6N. The Labute approximate surface area is 102 Å². The molecule has 0 amide bonds. The number of rotatable bonds is 0. The molecule has 1 aliphatic carbocycles. The van der Waals surface area contributed by atoms with E-state index in [0.29, 0.717) is 0 Å². The summed E-state index contributed by atoms with van der Waals surface area (Å²) >= 11 is 11.3. The molecule has 1 saturated carbocycles. The van der Waals surface area contributed by atoms with Gasteiger partial charge in [0.2, 0.25) is 5.54 Å². The first-order chi connectivity index (χ1) is 7.52. The second-order valence-electron chi connectivity index (χ2n) is 4.28. The van der Waals surface area contributed by atoms with Gasteiger partial charge >= 0.3 is 12.4 Å². The Morgan fingerprint density at radius 1 is 1.00 bits per heavy atom. The highest BCUT2D eigenvalue weighted by molar-refractivity contribution is 6.26. The summed E-state index contributed by atoms with van der Waals surface area (Å²) < 4.78 is 76.7. The van der Waals surface area contributed by atoms with Crippen LogP contribution in [0.5, 0.6) is 0 Å². The maximum atomic E-state index is 12.8. The van der Waals surface area contributed by atoms with Crippen LogP contribution in [0.2, 0.25) is 0 Å². The Bertz CT molecular complexity index is 313. The second kappa shape index (κ2) is 3.57. The van der Waals surface area contributed by atoms with Gasteiger partial charge in [-0.3, -0.25) is 5.32 Å². The first-order valence-electron chi connectivity index (χ1n) is 4.71. The number of alkyl halides is 8. The van der Waals surface area contributed by atoms with Crippen molar-refractivity contribution in [2.75, 3.05) is 0 Å². The first kappa shape index (κ1) is 13.5. The Morgan fingerprint density at radius 2 is 1.47 bits per heavy atom. The normalized spacial score (nSPS) is 40.9. The van der Waals surface area contributed by atoms with E-state index >= 15 is 0 Å². The van der Waals surface area contributed by atoms with Crippen molar-refractivity contribution < 1.29 is 26.3 Å². The smallest absolute Gasteiger partial charge is 0.290 e. The molecule has 1 N–H and O–H groups in total. The highest BCUT2D eigenvalue weighted by Crippen LogP contribution is 2.59. The third kappa shape index (κ3) is 1.58. The van der Waals surface area contributed by atoms with Crippen LogP contribution < -0.4 is 5.32 Å². The first-order valence-corrected chi connectivity index (χ1v) is 5.59. The molecule has 0 aromatic carbocycles. The molecule has 0 aromatic rings. The van der Waals surface area contributed by atoms with Crippen molar-refractivity contribution in [3.8, 4) is 0 Å². The summed E-state index contributed by atoms with van der Waals surface area (Å²) in [5.74, 6) is -1.78. The summed E-state index contributed by atoms with van der Waals surface area (Å²) in [4.78, 5) is 0. The van der Waals surface area contributed by atoms with E-state index in [0.717, 1.165) is 0 Å². The fraction of sp³-hybridized carbons (Fsp3) is 1.00. The van der Waals surface area contributed by atoms with Crippen molar-refractivity contribution in [2.45, 2.75) is 41.1 Å². The van der Waals surface area contributed by atoms with Gasteiger partial charge in [-0.2, -0.15) is 26.3 Å². The molecule has 2 bridgehead atoms. The van der Waals surface area contributed by atoms with Crippen molar-refractivity contribution in [3.05, 3.63) is 0 Å². The Morgan fingerprint density at radius 3 is 1.71 bits per heavy atom. The molecule has 2 aliphatic rings. The summed E-state index contributed by atoms with van der Waals surface area (Å²) in [6.07, 6.45) is -11.3. The molecule has 0 unspecified atom stereocenters. The maximum Gasteiger partial charge on any atom is 0.415 e. The predicted octanol–water partition coefficient (Wildman–Crippen LogP) is 3.06. The number of halogens is 8. The maximum absolute atomic E-state index is 12.8. The molecule has 0 aromatic heterocycles. The molecule has 17 heavy (non-hydrogen) atoms. The average molecular weight is 302 g/mol. The predicted molar refractivity (Wildman–Crippen MR) is 49.2 cm³/mol. The van der Waals surface area contributed by atoms with E-state index in [9.17, 15) is 26.3 Å². The largest absolute Gasteiger partial charge is 0.415 e. The van der Waals surface area contributed by atoms with Crippen molar-refractivity contribution in [1.82, 2.24) is 5.32 Å². The number of hydrogen-bond donors (Lipinski definition) is 1. The molecule has 100 valence electrons. The van der Waals surface area contributed by atoms with Crippen LogP contribution in [0.1, 0.15) is 6.42 Å². The van der Waals surface area contributed by atoms with E-state index in [4.69, 9.17) is 23.2 Å². The fourth-order valence-electron chi connectivity index (χ4n) is 2.67. The van der Waals surface area contributed by atoms with Crippen LogP contribution >= 0.6 is 23.2 Å². The lowest BCUT2D eigenvalue weighted by molar-refractivity contribution is -0.318. The van der Waals surface area contributed by atoms with E-state index in [1.54, 1.807) is 5.32 Å². The lowest BCUT2D eigenvalue weighted by atomic mass is 9.82. The summed E-state index contributed by atoms with van der Waals surface area (Å²) in [6, 6.07) is -1.17. The zero-order valence-electron chi connectivity index (χ0n) is 8.04. The molecule has 2 rings (SSSR count). The van der Waals surface area contributed by atoms with Crippen LogP contribution in [-0.2, 0) is 0 Å². The van der Waals surface area contributed by atoms with Crippen LogP contribution in [-0.4, -0.2) is 34.7 Å². The van der Waals surface area contributed by atoms with Crippen molar-refractivity contribution in [3.63, 3.8) is 0 Å². The minimum absolute atomic E-state index is 0.396. The minimum atomic E-state index is -5.45. The van der Waals surface area contributed by atoms with E-state index in [1.807, 2.05) is 0 Å². The Hall–Kier alpha value is 0.120. The highest BCUT2D eigenvalue weighted by Gasteiger charge is 2.81. The Kier molecular flexibility index (Phi) is 2.85. The van der Waals surface area contributed by atoms with Gasteiger partial charge in [0, 0.05) is 12.0 Å². The number of hydrogen-bond acceptors (Lipinski definition) is 1. The number of piperidine rings is 1. The molecule has 1 heterocycles. The van der Waals surface area contributed by atoms with Crippen molar-refractivity contribution >= 4 is 23.2 Å². The van der Waals surface area contributed by atoms with Gasteiger partial charge in [0.15, 0.2) is 0 Å². The third-order valence-corrected chi connectivity index (χ3v) is 4.47. The van der Waals surface area contributed by atoms with Gasteiger partial charge in [0.1, 0.15) is 0 Å². The van der Waals surface area contributed by atoms with E-state index < -0.39 is 47.0 Å². The van der Waals surface area contributed by atoms with Crippen LogP contribution in [0.3, 0.4) is 0 Å². The zero-order valence-corrected chi connectivity index (χ0v) is 9.55. The molecule has 4 atom stereocenters. The van der Waals surface area contributed by atoms with Crippen LogP contribution in [0.4, 0.5) is 26.3 Å². The minimum Gasteiger partial charge on any atom is -0.290 e. The lowest BCUT2D eigenvalue weighted by Gasteiger charge is -2.41. The SMILES string of the molecule is FC(F)(F)C1(C(F)(F)F)N[C@H]2[C@H](Cl)[C@@H]1C[C@H]2Cl. The monoisotopic (exact) mass is 301 g/mol. The van der Waals surface area contributed by atoms with Gasteiger partial charge in [-0.1, -0.05) is 0 Å². The van der Waals surface area contributed by atoms with Gasteiger partial charge in [0.05, 0.1) is 10.8 Å². The molecule has 1 saturated heterocycles. The standard InChI is InChI=1S/C8H7Cl2F6N/c9-3-1-2-4(10)5(3)17-6(2,7(11,12)13)8(14,15)16/h2-5,17H,1H2/t2-,3+,4+,5+/m0/s1. The molecule has 0 spiro atoms. The molecule has 9 heteroatoms. The summed E-state index contributed by atoms with van der Waals surface area (Å²) in [6.45, 7) is 0. The second-order valence-corrected chi connectivity index (χ2v) is 5.34. The van der Waals surface area contributed by atoms with E-state index in [2.05, 4.69) is 0 Å². The molecule has 1 nitrogen and oxygen atoms in total. The van der Waals surface area contributed by atoms with Gasteiger partial charge in [-0.15, -0.1) is 23.2 Å². The summed E-state index contributed by atoms with van der Waals surface area (Å²) in [7, 11) is 0. The van der Waals surface area contributed by atoms with Gasteiger partial charge in [-0.05, 0) is 6.42 Å². The fourth-order valence-corrected chi connectivity index (χ4v) is 3.69. The van der Waals surface area contributed by atoms with Gasteiger partial charge in [-0.25, -0.2) is 0 Å². The van der Waals surface area contributed by atoms with Crippen LogP contribution in [0.15, 0.2) is 0 Å². The highest BCUT2D eigenvalue weighted by atomic mass is 35.5. The van der Waals surface area contributed by atoms with Crippen molar-refractivity contribution in [2.24, 2.45) is 5.92 Å². The summed E-state index contributed by atoms with van der Waals surface area (Å²) in [5.41, 5.74) is -3.93. The molecule has 1 aliphatic heterocycles. The lowest BCUT2D eigenvalue weighted by Crippen LogP contribution is -2.70. The zero-order chi connectivity index (χ0) is 13.2. The van der Waals surface area contributed by atoms with Gasteiger partial charge < -0.3 is 0 Å². The van der Waals surface area contributed by atoms with Gasteiger partial charge in [0.25, 0.3) is 0 Å². The summed E-state index contributed by atoms with van der Waals surface area (Å²) in [5, 5.41) is -0.499. The van der Waals surface area contributed by atoms with E-state index in [1.165, 1.54) is 0 Å². The van der Waals surface area contributed by atoms with Crippen LogP contribution in [0, 0.1) is 5.92 Å². The molecular weight excluding hydrogens is 295 g/mol. The quantitative estimate of drug-likeness (QED) is 0.536. The molecule has 2 fully saturated rings. The average Bonchev–Trinajstić information content (AvgIpc) is 2.53. The number of nitrogens with one attached hydrogen (secondary N) is 1. The van der Waals surface area contributed by atoms with Crippen molar-refractivity contribution in [1.29, 1.82) is 0 Å².